The highest BCUT2D eigenvalue weighted by molar-refractivity contribution is 5.82. The van der Waals surface area contributed by atoms with Crippen LogP contribution in [0, 0.1) is 13.8 Å². The normalized spacial score (nSPS) is 15.4. The second-order valence-corrected chi connectivity index (χ2v) is 7.36. The van der Waals surface area contributed by atoms with Gasteiger partial charge in [0.05, 0.1) is 6.54 Å². The van der Waals surface area contributed by atoms with Crippen molar-refractivity contribution in [2.24, 2.45) is 0 Å². The van der Waals surface area contributed by atoms with Crippen LogP contribution in [0.15, 0.2) is 18.2 Å². The molecule has 25 heavy (non-hydrogen) atoms. The van der Waals surface area contributed by atoms with Crippen molar-refractivity contribution in [3.05, 3.63) is 29.3 Å². The van der Waals surface area contributed by atoms with Gasteiger partial charge < -0.3 is 15.1 Å². The van der Waals surface area contributed by atoms with Crippen LogP contribution in [0.1, 0.15) is 44.7 Å². The van der Waals surface area contributed by atoms with Gasteiger partial charge in [-0.3, -0.25) is 9.59 Å². The van der Waals surface area contributed by atoms with E-state index in [0.29, 0.717) is 6.54 Å². The number of carbonyl (C=O) groups excluding carboxylic acids is 2. The summed E-state index contributed by atoms with van der Waals surface area (Å²) in [6.07, 6.45) is 1.66. The van der Waals surface area contributed by atoms with Crippen molar-refractivity contribution in [2.75, 3.05) is 24.5 Å². The fourth-order valence-electron chi connectivity index (χ4n) is 3.34. The SMILES string of the molecule is CC(=O)N1CCC(NC(=O)CN(c2cc(C)ccc2C)C(C)C)CC1. The number of hydrogen-bond acceptors (Lipinski definition) is 3. The third-order valence-corrected chi connectivity index (χ3v) is 4.92. The van der Waals surface area contributed by atoms with Gasteiger partial charge in [0.2, 0.25) is 11.8 Å². The third kappa shape index (κ3) is 5.21. The van der Waals surface area contributed by atoms with Gasteiger partial charge in [0.25, 0.3) is 0 Å². The Bertz CT molecular complexity index is 619. The predicted molar refractivity (Wildman–Crippen MR) is 102 cm³/mol. The monoisotopic (exact) mass is 345 g/mol. The highest BCUT2D eigenvalue weighted by Gasteiger charge is 2.23. The predicted octanol–water partition coefficient (Wildman–Crippen LogP) is 2.65. The number of benzene rings is 1. The van der Waals surface area contributed by atoms with Crippen molar-refractivity contribution in [1.29, 1.82) is 0 Å². The molecular formula is C20H31N3O2. The maximum absolute atomic E-state index is 12.6. The molecule has 2 amide bonds. The zero-order chi connectivity index (χ0) is 18.6. The van der Waals surface area contributed by atoms with E-state index in [2.05, 4.69) is 56.1 Å². The summed E-state index contributed by atoms with van der Waals surface area (Å²) < 4.78 is 0. The van der Waals surface area contributed by atoms with Crippen LogP contribution >= 0.6 is 0 Å². The Hall–Kier alpha value is -2.04. The van der Waals surface area contributed by atoms with Crippen molar-refractivity contribution in [3.63, 3.8) is 0 Å². The van der Waals surface area contributed by atoms with Crippen LogP contribution in [0.5, 0.6) is 0 Å². The molecule has 1 aromatic carbocycles. The number of hydrogen-bond donors (Lipinski definition) is 1. The summed E-state index contributed by atoms with van der Waals surface area (Å²) in [5.74, 6) is 0.168. The number of anilines is 1. The smallest absolute Gasteiger partial charge is 0.239 e. The maximum atomic E-state index is 12.6. The average molecular weight is 345 g/mol. The van der Waals surface area contributed by atoms with Gasteiger partial charge in [0, 0.05) is 37.8 Å². The zero-order valence-electron chi connectivity index (χ0n) is 16.1. The van der Waals surface area contributed by atoms with Crippen LogP contribution in [0.3, 0.4) is 0 Å². The molecule has 2 rings (SSSR count). The van der Waals surface area contributed by atoms with E-state index in [4.69, 9.17) is 0 Å². The molecule has 5 heteroatoms. The quantitative estimate of drug-likeness (QED) is 0.893. The highest BCUT2D eigenvalue weighted by Crippen LogP contribution is 2.23. The van der Waals surface area contributed by atoms with E-state index < -0.39 is 0 Å². The minimum atomic E-state index is 0.0517. The van der Waals surface area contributed by atoms with Crippen molar-refractivity contribution >= 4 is 17.5 Å². The molecule has 0 aliphatic carbocycles. The second-order valence-electron chi connectivity index (χ2n) is 7.36. The number of nitrogens with zero attached hydrogens (tertiary/aromatic N) is 2. The lowest BCUT2D eigenvalue weighted by Gasteiger charge is -2.34. The van der Waals surface area contributed by atoms with E-state index in [-0.39, 0.29) is 23.9 Å². The molecule has 0 atom stereocenters. The molecule has 1 aliphatic rings. The number of aryl methyl sites for hydroxylation is 2. The lowest BCUT2D eigenvalue weighted by molar-refractivity contribution is -0.130. The molecule has 5 nitrogen and oxygen atoms in total. The minimum Gasteiger partial charge on any atom is -0.360 e. The maximum Gasteiger partial charge on any atom is 0.239 e. The van der Waals surface area contributed by atoms with Crippen LogP contribution in [0.25, 0.3) is 0 Å². The van der Waals surface area contributed by atoms with E-state index in [9.17, 15) is 9.59 Å². The fourth-order valence-corrected chi connectivity index (χ4v) is 3.34. The van der Waals surface area contributed by atoms with Crippen LogP contribution in [-0.2, 0) is 9.59 Å². The number of carbonyl (C=O) groups is 2. The minimum absolute atomic E-state index is 0.0517. The lowest BCUT2D eigenvalue weighted by Crippen LogP contribution is -2.49. The number of rotatable bonds is 5. The average Bonchev–Trinajstić information content (AvgIpc) is 2.55. The van der Waals surface area contributed by atoms with Crippen LogP contribution in [0.2, 0.25) is 0 Å². The first-order chi connectivity index (χ1) is 11.8. The molecule has 1 aromatic rings. The molecule has 0 saturated carbocycles. The number of piperidine rings is 1. The van der Waals surface area contributed by atoms with Gasteiger partial charge in [-0.1, -0.05) is 12.1 Å². The summed E-state index contributed by atoms with van der Waals surface area (Å²) in [6, 6.07) is 6.75. The summed E-state index contributed by atoms with van der Waals surface area (Å²) in [7, 11) is 0. The topological polar surface area (TPSA) is 52.7 Å². The molecule has 1 aliphatic heterocycles. The molecule has 1 heterocycles. The fraction of sp³-hybridized carbons (Fsp3) is 0.600. The zero-order valence-corrected chi connectivity index (χ0v) is 16.1. The summed E-state index contributed by atoms with van der Waals surface area (Å²) in [4.78, 5) is 28.0. The molecule has 1 N–H and O–H groups in total. The third-order valence-electron chi connectivity index (χ3n) is 4.92. The standard InChI is InChI=1S/C20H31N3O2/c1-14(2)23(19-12-15(3)6-7-16(19)4)13-20(25)21-18-8-10-22(11-9-18)17(5)24/h6-7,12,14,18H,8-11,13H2,1-5H3,(H,21,25). The van der Waals surface area contributed by atoms with Gasteiger partial charge in [-0.25, -0.2) is 0 Å². The second kappa shape index (κ2) is 8.37. The Morgan fingerprint density at radius 1 is 1.24 bits per heavy atom. The van der Waals surface area contributed by atoms with Crippen LogP contribution in [-0.4, -0.2) is 48.4 Å². The Morgan fingerprint density at radius 2 is 1.88 bits per heavy atom. The molecule has 138 valence electrons. The molecule has 1 fully saturated rings. The van der Waals surface area contributed by atoms with E-state index in [1.807, 2.05) is 4.90 Å². The molecule has 0 aromatic heterocycles. The lowest BCUT2D eigenvalue weighted by atomic mass is 10.0. The highest BCUT2D eigenvalue weighted by atomic mass is 16.2. The Morgan fingerprint density at radius 3 is 2.44 bits per heavy atom. The van der Waals surface area contributed by atoms with Gasteiger partial charge in [-0.2, -0.15) is 0 Å². The summed E-state index contributed by atoms with van der Waals surface area (Å²) in [5, 5.41) is 3.15. The summed E-state index contributed by atoms with van der Waals surface area (Å²) >= 11 is 0. The van der Waals surface area contributed by atoms with Gasteiger partial charge >= 0.3 is 0 Å². The molecule has 0 radical (unpaired) electrons. The Kier molecular flexibility index (Phi) is 6.45. The first-order valence-electron chi connectivity index (χ1n) is 9.16. The molecule has 0 spiro atoms. The van der Waals surface area contributed by atoms with Gasteiger partial charge in [-0.05, 0) is 57.7 Å². The van der Waals surface area contributed by atoms with Crippen molar-refractivity contribution in [1.82, 2.24) is 10.2 Å². The van der Waals surface area contributed by atoms with Crippen molar-refractivity contribution < 1.29 is 9.59 Å². The Balaban J connectivity index is 1.97. The number of likely N-dealkylation sites (tertiary alicyclic amines) is 1. The summed E-state index contributed by atoms with van der Waals surface area (Å²) in [6.45, 7) is 11.8. The first-order valence-corrected chi connectivity index (χ1v) is 9.16. The van der Waals surface area contributed by atoms with E-state index >= 15 is 0 Å². The summed E-state index contributed by atoms with van der Waals surface area (Å²) in [5.41, 5.74) is 3.50. The van der Waals surface area contributed by atoms with Crippen molar-refractivity contribution in [2.45, 2.75) is 59.5 Å². The van der Waals surface area contributed by atoms with Gasteiger partial charge in [0.1, 0.15) is 0 Å². The first kappa shape index (κ1) is 19.3. The van der Waals surface area contributed by atoms with E-state index in [1.165, 1.54) is 11.1 Å². The van der Waals surface area contributed by atoms with Crippen molar-refractivity contribution in [3.8, 4) is 0 Å². The molecule has 1 saturated heterocycles. The van der Waals surface area contributed by atoms with Crippen LogP contribution in [0.4, 0.5) is 5.69 Å². The molecular weight excluding hydrogens is 314 g/mol. The largest absolute Gasteiger partial charge is 0.360 e. The van der Waals surface area contributed by atoms with E-state index in [0.717, 1.165) is 31.6 Å². The van der Waals surface area contributed by atoms with Gasteiger partial charge in [0.15, 0.2) is 0 Å². The van der Waals surface area contributed by atoms with Crippen LogP contribution < -0.4 is 10.2 Å². The van der Waals surface area contributed by atoms with Gasteiger partial charge in [-0.15, -0.1) is 0 Å². The van der Waals surface area contributed by atoms with E-state index in [1.54, 1.807) is 6.92 Å². The molecule has 0 unspecified atom stereocenters. The number of nitrogens with one attached hydrogen (secondary N) is 1. The molecule has 0 bridgehead atoms. The Labute approximate surface area is 151 Å². The number of amides is 2.